The Kier molecular flexibility index (Phi) is 5.22. The van der Waals surface area contributed by atoms with Crippen LogP contribution in [0.5, 0.6) is 0 Å². The number of rotatable bonds is 5. The van der Waals surface area contributed by atoms with Crippen molar-refractivity contribution in [1.82, 2.24) is 5.32 Å². The Morgan fingerprint density at radius 1 is 1.18 bits per heavy atom. The Bertz CT molecular complexity index is 673. The Morgan fingerprint density at radius 2 is 1.95 bits per heavy atom. The van der Waals surface area contributed by atoms with Gasteiger partial charge in [-0.1, -0.05) is 18.2 Å². The van der Waals surface area contributed by atoms with Crippen molar-refractivity contribution in [2.24, 2.45) is 0 Å². The van der Waals surface area contributed by atoms with E-state index in [1.165, 1.54) is 12.1 Å². The van der Waals surface area contributed by atoms with Gasteiger partial charge in [-0.3, -0.25) is 4.79 Å². The molecule has 0 radical (unpaired) electrons. The first-order valence-corrected chi connectivity index (χ1v) is 7.00. The molecule has 0 aliphatic heterocycles. The molecule has 0 heterocycles. The molecule has 0 aliphatic carbocycles. The molecule has 0 fully saturated rings. The highest BCUT2D eigenvalue weighted by Gasteiger charge is 2.12. The van der Waals surface area contributed by atoms with Crippen LogP contribution < -0.4 is 10.6 Å². The molecule has 2 aromatic rings. The minimum absolute atomic E-state index is 0.0337. The number of amides is 1. The van der Waals surface area contributed by atoms with Crippen LogP contribution in [0.15, 0.2) is 42.5 Å². The monoisotopic (exact) mass is 304 g/mol. The van der Waals surface area contributed by atoms with Crippen molar-refractivity contribution in [2.75, 3.05) is 11.9 Å². The van der Waals surface area contributed by atoms with E-state index >= 15 is 0 Å². The third-order valence-corrected chi connectivity index (χ3v) is 3.30. The highest BCUT2D eigenvalue weighted by molar-refractivity contribution is 5.92. The molecule has 0 aliphatic rings. The van der Waals surface area contributed by atoms with Crippen molar-refractivity contribution in [2.45, 2.75) is 19.9 Å². The maximum atomic E-state index is 13.6. The first-order valence-electron chi connectivity index (χ1n) is 7.00. The second kappa shape index (κ2) is 7.13. The average molecular weight is 304 g/mol. The number of benzene rings is 2. The lowest BCUT2D eigenvalue weighted by atomic mass is 10.1. The summed E-state index contributed by atoms with van der Waals surface area (Å²) in [6.07, 6.45) is 0. The second-order valence-electron chi connectivity index (χ2n) is 5.19. The summed E-state index contributed by atoms with van der Waals surface area (Å²) in [4.78, 5) is 11.9. The zero-order valence-electron chi connectivity index (χ0n) is 12.5. The van der Waals surface area contributed by atoms with Gasteiger partial charge in [0.1, 0.15) is 11.6 Å². The summed E-state index contributed by atoms with van der Waals surface area (Å²) in [5, 5.41) is 5.68. The molecule has 2 aromatic carbocycles. The van der Waals surface area contributed by atoms with Gasteiger partial charge in [0, 0.05) is 23.4 Å². The van der Waals surface area contributed by atoms with Crippen molar-refractivity contribution in [3.05, 3.63) is 65.2 Å². The minimum Gasteiger partial charge on any atom is -0.325 e. The lowest BCUT2D eigenvalue weighted by molar-refractivity contribution is -0.115. The first kappa shape index (κ1) is 16.1. The van der Waals surface area contributed by atoms with Gasteiger partial charge in [-0.15, -0.1) is 0 Å². The second-order valence-corrected chi connectivity index (χ2v) is 5.19. The fourth-order valence-corrected chi connectivity index (χ4v) is 2.14. The summed E-state index contributed by atoms with van der Waals surface area (Å²) in [7, 11) is 0. The van der Waals surface area contributed by atoms with Gasteiger partial charge in [0.2, 0.25) is 5.91 Å². The standard InChI is InChI=1S/C17H18F2N2O/c1-11-4-3-5-14(8-11)21-17(22)10-20-12(2)15-7-6-13(18)9-16(15)19/h3-9,12,20H,10H2,1-2H3,(H,21,22)/t12-/m0/s1. The third kappa shape index (κ3) is 4.36. The summed E-state index contributed by atoms with van der Waals surface area (Å²) in [6, 6.07) is 10.5. The van der Waals surface area contributed by atoms with E-state index < -0.39 is 17.7 Å². The highest BCUT2D eigenvalue weighted by atomic mass is 19.1. The number of hydrogen-bond donors (Lipinski definition) is 2. The van der Waals surface area contributed by atoms with Crippen LogP contribution in [0.25, 0.3) is 0 Å². The molecular weight excluding hydrogens is 286 g/mol. The van der Waals surface area contributed by atoms with Crippen LogP contribution in [-0.2, 0) is 4.79 Å². The van der Waals surface area contributed by atoms with E-state index in [0.717, 1.165) is 11.6 Å². The molecule has 0 saturated carbocycles. The maximum absolute atomic E-state index is 13.6. The zero-order valence-corrected chi connectivity index (χ0v) is 12.5. The Labute approximate surface area is 128 Å². The Hall–Kier alpha value is -2.27. The molecule has 1 atom stereocenters. The number of hydrogen-bond acceptors (Lipinski definition) is 2. The van der Waals surface area contributed by atoms with Gasteiger partial charge in [0.25, 0.3) is 0 Å². The fraction of sp³-hybridized carbons (Fsp3) is 0.235. The average Bonchev–Trinajstić information content (AvgIpc) is 2.45. The van der Waals surface area contributed by atoms with E-state index in [1.807, 2.05) is 25.1 Å². The predicted molar refractivity (Wildman–Crippen MR) is 82.6 cm³/mol. The van der Waals surface area contributed by atoms with Crippen LogP contribution in [0, 0.1) is 18.6 Å². The van der Waals surface area contributed by atoms with Gasteiger partial charge in [-0.05, 0) is 37.6 Å². The van der Waals surface area contributed by atoms with Gasteiger partial charge in [0.15, 0.2) is 0 Å². The molecule has 2 rings (SSSR count). The lowest BCUT2D eigenvalue weighted by Crippen LogP contribution is -2.30. The molecule has 0 saturated heterocycles. The highest BCUT2D eigenvalue weighted by Crippen LogP contribution is 2.17. The van der Waals surface area contributed by atoms with Crippen LogP contribution in [-0.4, -0.2) is 12.5 Å². The van der Waals surface area contributed by atoms with Crippen molar-refractivity contribution in [3.8, 4) is 0 Å². The first-order chi connectivity index (χ1) is 10.5. The minimum atomic E-state index is -0.626. The number of aryl methyl sites for hydroxylation is 1. The van der Waals surface area contributed by atoms with Gasteiger partial charge in [-0.25, -0.2) is 8.78 Å². The SMILES string of the molecule is Cc1cccc(NC(=O)CN[C@@H](C)c2ccc(F)cc2F)c1. The van der Waals surface area contributed by atoms with Gasteiger partial charge in [-0.2, -0.15) is 0 Å². The van der Waals surface area contributed by atoms with Crippen molar-refractivity contribution < 1.29 is 13.6 Å². The molecule has 116 valence electrons. The summed E-state index contributed by atoms with van der Waals surface area (Å²) < 4.78 is 26.5. The van der Waals surface area contributed by atoms with Gasteiger partial charge < -0.3 is 10.6 Å². The number of carbonyl (C=O) groups is 1. The van der Waals surface area contributed by atoms with Crippen molar-refractivity contribution in [1.29, 1.82) is 0 Å². The van der Waals surface area contributed by atoms with Crippen LogP contribution in [0.3, 0.4) is 0 Å². The number of anilines is 1. The van der Waals surface area contributed by atoms with E-state index in [4.69, 9.17) is 0 Å². The summed E-state index contributed by atoms with van der Waals surface area (Å²) in [5.41, 5.74) is 2.09. The van der Waals surface area contributed by atoms with E-state index in [9.17, 15) is 13.6 Å². The van der Waals surface area contributed by atoms with Crippen LogP contribution >= 0.6 is 0 Å². The zero-order chi connectivity index (χ0) is 16.1. The number of nitrogens with one attached hydrogen (secondary N) is 2. The molecule has 0 bridgehead atoms. The summed E-state index contributed by atoms with van der Waals surface area (Å²) in [6.45, 7) is 3.69. The molecule has 0 aromatic heterocycles. The molecule has 1 amide bonds. The Morgan fingerprint density at radius 3 is 2.64 bits per heavy atom. The van der Waals surface area contributed by atoms with Crippen LogP contribution in [0.1, 0.15) is 24.1 Å². The van der Waals surface area contributed by atoms with Crippen LogP contribution in [0.2, 0.25) is 0 Å². The van der Waals surface area contributed by atoms with Gasteiger partial charge >= 0.3 is 0 Å². The Balaban J connectivity index is 1.90. The normalized spacial score (nSPS) is 12.0. The number of halogens is 2. The van der Waals surface area contributed by atoms with E-state index in [0.29, 0.717) is 11.3 Å². The molecular formula is C17H18F2N2O. The smallest absolute Gasteiger partial charge is 0.238 e. The summed E-state index contributed by atoms with van der Waals surface area (Å²) in [5.74, 6) is -1.47. The summed E-state index contributed by atoms with van der Waals surface area (Å²) >= 11 is 0. The number of carbonyl (C=O) groups excluding carboxylic acids is 1. The van der Waals surface area contributed by atoms with E-state index in [2.05, 4.69) is 10.6 Å². The van der Waals surface area contributed by atoms with Crippen molar-refractivity contribution in [3.63, 3.8) is 0 Å². The molecule has 0 spiro atoms. The van der Waals surface area contributed by atoms with E-state index in [-0.39, 0.29) is 12.5 Å². The molecule has 3 nitrogen and oxygen atoms in total. The molecule has 0 unspecified atom stereocenters. The van der Waals surface area contributed by atoms with E-state index in [1.54, 1.807) is 13.0 Å². The maximum Gasteiger partial charge on any atom is 0.238 e. The lowest BCUT2D eigenvalue weighted by Gasteiger charge is -2.15. The van der Waals surface area contributed by atoms with Gasteiger partial charge in [0.05, 0.1) is 6.54 Å². The largest absolute Gasteiger partial charge is 0.325 e. The van der Waals surface area contributed by atoms with Crippen LogP contribution in [0.4, 0.5) is 14.5 Å². The molecule has 2 N–H and O–H groups in total. The topological polar surface area (TPSA) is 41.1 Å². The molecule has 22 heavy (non-hydrogen) atoms. The quantitative estimate of drug-likeness (QED) is 0.887. The predicted octanol–water partition coefficient (Wildman–Crippen LogP) is 3.56. The molecule has 5 heteroatoms. The fourth-order valence-electron chi connectivity index (χ4n) is 2.14. The third-order valence-electron chi connectivity index (χ3n) is 3.30. The van der Waals surface area contributed by atoms with Crippen molar-refractivity contribution >= 4 is 11.6 Å².